The number of carbonyl (C=O) groups excluding carboxylic acids is 3. The second-order valence-electron chi connectivity index (χ2n) is 8.13. The fraction of sp³-hybridized carbons (Fsp3) is 0.571. The van der Waals surface area contributed by atoms with Gasteiger partial charge in [-0.3, -0.25) is 14.4 Å². The minimum Gasteiger partial charge on any atom is -0.485 e. The molecule has 2 atom stereocenters. The lowest BCUT2D eigenvalue weighted by Gasteiger charge is -2.32. The van der Waals surface area contributed by atoms with Gasteiger partial charge in [0.05, 0.1) is 18.7 Å². The molecule has 3 amide bonds. The summed E-state index contributed by atoms with van der Waals surface area (Å²) in [7, 11) is 0. The highest BCUT2D eigenvalue weighted by atomic mass is 16.5. The maximum Gasteiger partial charge on any atom is 0.255 e. The maximum atomic E-state index is 12.6. The van der Waals surface area contributed by atoms with E-state index in [4.69, 9.17) is 4.74 Å². The molecule has 2 unspecified atom stereocenters. The molecule has 2 aliphatic heterocycles. The summed E-state index contributed by atoms with van der Waals surface area (Å²) in [6.45, 7) is 6.86. The van der Waals surface area contributed by atoms with Crippen molar-refractivity contribution in [2.45, 2.75) is 51.7 Å². The van der Waals surface area contributed by atoms with Gasteiger partial charge < -0.3 is 20.3 Å². The summed E-state index contributed by atoms with van der Waals surface area (Å²) in [5.74, 6) is 0.501. The Labute approximate surface area is 165 Å². The van der Waals surface area contributed by atoms with Gasteiger partial charge in [0.25, 0.3) is 5.91 Å². The molecule has 1 aromatic carbocycles. The van der Waals surface area contributed by atoms with Gasteiger partial charge in [-0.25, -0.2) is 0 Å². The summed E-state index contributed by atoms with van der Waals surface area (Å²) in [5.41, 5.74) is -0.136. The Morgan fingerprint density at radius 2 is 2.00 bits per heavy atom. The Morgan fingerprint density at radius 1 is 1.25 bits per heavy atom. The van der Waals surface area contributed by atoms with Crippen LogP contribution < -0.4 is 15.4 Å². The summed E-state index contributed by atoms with van der Waals surface area (Å²) in [4.78, 5) is 38.8. The Hall–Kier alpha value is -2.57. The van der Waals surface area contributed by atoms with Gasteiger partial charge in [0.1, 0.15) is 11.4 Å². The van der Waals surface area contributed by atoms with Gasteiger partial charge in [-0.2, -0.15) is 0 Å². The first-order valence-corrected chi connectivity index (χ1v) is 9.93. The number of hydrogen-bond acceptors (Lipinski definition) is 4. The van der Waals surface area contributed by atoms with E-state index in [0.717, 1.165) is 0 Å². The molecule has 1 spiro atoms. The molecule has 0 radical (unpaired) electrons. The molecule has 3 rings (SSSR count). The number of fused-ring (bicyclic) bond motifs is 1. The molecule has 152 valence electrons. The second-order valence-corrected chi connectivity index (χ2v) is 8.13. The number of benzene rings is 1. The second kappa shape index (κ2) is 8.20. The minimum atomic E-state index is -0.644. The predicted molar refractivity (Wildman–Crippen MR) is 105 cm³/mol. The van der Waals surface area contributed by atoms with Crippen LogP contribution in [0.15, 0.2) is 24.3 Å². The Bertz CT molecular complexity index is 764. The van der Waals surface area contributed by atoms with E-state index in [1.54, 1.807) is 23.1 Å². The van der Waals surface area contributed by atoms with Crippen LogP contribution in [-0.2, 0) is 9.59 Å². The van der Waals surface area contributed by atoms with Crippen LogP contribution in [0.1, 0.15) is 50.4 Å². The molecule has 1 fully saturated rings. The smallest absolute Gasteiger partial charge is 0.255 e. The zero-order valence-corrected chi connectivity index (χ0v) is 16.8. The topological polar surface area (TPSA) is 87.7 Å². The monoisotopic (exact) mass is 387 g/mol. The number of para-hydroxylation sites is 1. The number of likely N-dealkylation sites (tertiary alicyclic amines) is 1. The molecule has 0 aromatic heterocycles. The zero-order chi connectivity index (χ0) is 20.3. The number of carbonyl (C=O) groups is 3. The Balaban J connectivity index is 1.69. The van der Waals surface area contributed by atoms with Crippen molar-refractivity contribution in [1.29, 1.82) is 0 Å². The molecule has 0 aliphatic carbocycles. The number of amides is 3. The first kappa shape index (κ1) is 20.2. The summed E-state index contributed by atoms with van der Waals surface area (Å²) in [5, 5.41) is 5.87. The van der Waals surface area contributed by atoms with E-state index in [2.05, 4.69) is 10.6 Å². The fourth-order valence-corrected chi connectivity index (χ4v) is 3.52. The van der Waals surface area contributed by atoms with Gasteiger partial charge in [-0.1, -0.05) is 26.0 Å². The van der Waals surface area contributed by atoms with Crippen LogP contribution in [0.4, 0.5) is 0 Å². The van der Waals surface area contributed by atoms with E-state index in [1.807, 2.05) is 26.8 Å². The molecule has 0 bridgehead atoms. The Kier molecular flexibility index (Phi) is 5.91. The van der Waals surface area contributed by atoms with Crippen molar-refractivity contribution in [1.82, 2.24) is 15.5 Å². The maximum absolute atomic E-state index is 12.6. The van der Waals surface area contributed by atoms with Crippen molar-refractivity contribution in [3.05, 3.63) is 29.8 Å². The highest BCUT2D eigenvalue weighted by molar-refractivity contribution is 5.97. The molecule has 2 aliphatic rings. The zero-order valence-electron chi connectivity index (χ0n) is 16.8. The Morgan fingerprint density at radius 3 is 2.75 bits per heavy atom. The fourth-order valence-electron chi connectivity index (χ4n) is 3.52. The lowest BCUT2D eigenvalue weighted by atomic mass is 9.94. The standard InChI is InChI=1S/C21H29N3O4/c1-14(2)15(3)23-18(25)12-24-11-10-21(9-8-19(24)26)13-22-20(27)16-6-4-5-7-17(16)28-21/h4-7,14-15H,8-13H2,1-3H3,(H,22,27)(H,23,25). The molecule has 2 heterocycles. The van der Waals surface area contributed by atoms with Gasteiger partial charge in [0, 0.05) is 25.4 Å². The van der Waals surface area contributed by atoms with Gasteiger partial charge in [-0.15, -0.1) is 0 Å². The van der Waals surface area contributed by atoms with Crippen molar-refractivity contribution in [3.63, 3.8) is 0 Å². The molecule has 28 heavy (non-hydrogen) atoms. The third-order valence-corrected chi connectivity index (χ3v) is 5.74. The number of nitrogens with zero attached hydrogens (tertiary/aromatic N) is 1. The molecule has 7 nitrogen and oxygen atoms in total. The highest BCUT2D eigenvalue weighted by Crippen LogP contribution is 2.33. The van der Waals surface area contributed by atoms with Crippen LogP contribution in [0.2, 0.25) is 0 Å². The van der Waals surface area contributed by atoms with Gasteiger partial charge in [0.15, 0.2) is 0 Å². The summed E-state index contributed by atoms with van der Waals surface area (Å²) in [6.07, 6.45) is 1.34. The van der Waals surface area contributed by atoms with Crippen LogP contribution in [0.3, 0.4) is 0 Å². The van der Waals surface area contributed by atoms with Crippen LogP contribution in [0, 0.1) is 5.92 Å². The van der Waals surface area contributed by atoms with E-state index < -0.39 is 5.60 Å². The molecular formula is C21H29N3O4. The highest BCUT2D eigenvalue weighted by Gasteiger charge is 2.40. The third kappa shape index (κ3) is 4.46. The van der Waals surface area contributed by atoms with Crippen molar-refractivity contribution >= 4 is 17.7 Å². The lowest BCUT2D eigenvalue weighted by Crippen LogP contribution is -2.47. The van der Waals surface area contributed by atoms with Crippen LogP contribution >= 0.6 is 0 Å². The van der Waals surface area contributed by atoms with Crippen LogP contribution in [0.5, 0.6) is 5.75 Å². The van der Waals surface area contributed by atoms with Crippen LogP contribution in [0.25, 0.3) is 0 Å². The summed E-state index contributed by atoms with van der Waals surface area (Å²) < 4.78 is 6.27. The molecule has 2 N–H and O–H groups in total. The van der Waals surface area contributed by atoms with Gasteiger partial charge in [0.2, 0.25) is 11.8 Å². The summed E-state index contributed by atoms with van der Waals surface area (Å²) >= 11 is 0. The first-order chi connectivity index (χ1) is 13.3. The van der Waals surface area contributed by atoms with Crippen molar-refractivity contribution in [2.75, 3.05) is 19.6 Å². The molecule has 1 aromatic rings. The lowest BCUT2D eigenvalue weighted by molar-refractivity contribution is -0.135. The molecular weight excluding hydrogens is 358 g/mol. The molecule has 0 saturated carbocycles. The van der Waals surface area contributed by atoms with E-state index >= 15 is 0 Å². The molecule has 7 heteroatoms. The number of nitrogens with one attached hydrogen (secondary N) is 2. The van der Waals surface area contributed by atoms with Crippen molar-refractivity contribution < 1.29 is 19.1 Å². The summed E-state index contributed by atoms with van der Waals surface area (Å²) in [6, 6.07) is 7.21. The average Bonchev–Trinajstić information content (AvgIpc) is 2.90. The van der Waals surface area contributed by atoms with Crippen molar-refractivity contribution in [2.24, 2.45) is 5.92 Å². The largest absolute Gasteiger partial charge is 0.485 e. The number of rotatable bonds is 4. The third-order valence-electron chi connectivity index (χ3n) is 5.74. The van der Waals surface area contributed by atoms with E-state index in [9.17, 15) is 14.4 Å². The van der Waals surface area contributed by atoms with E-state index in [-0.39, 0.29) is 36.7 Å². The number of ether oxygens (including phenoxy) is 1. The van der Waals surface area contributed by atoms with Crippen molar-refractivity contribution in [3.8, 4) is 5.75 Å². The van der Waals surface area contributed by atoms with Crippen LogP contribution in [-0.4, -0.2) is 53.9 Å². The number of hydrogen-bond donors (Lipinski definition) is 2. The average molecular weight is 387 g/mol. The first-order valence-electron chi connectivity index (χ1n) is 9.93. The predicted octanol–water partition coefficient (Wildman–Crippen LogP) is 1.72. The normalized spacial score (nSPS) is 23.4. The van der Waals surface area contributed by atoms with E-state index in [1.165, 1.54) is 0 Å². The quantitative estimate of drug-likeness (QED) is 0.824. The molecule has 1 saturated heterocycles. The van der Waals surface area contributed by atoms with E-state index in [0.29, 0.717) is 43.2 Å². The minimum absolute atomic E-state index is 0.0505. The van der Waals surface area contributed by atoms with Gasteiger partial charge in [-0.05, 0) is 31.4 Å². The SMILES string of the molecule is CC(C)C(C)NC(=O)CN1CCC2(CCC1=O)CNC(=O)c1ccccc1O2. The van der Waals surface area contributed by atoms with Gasteiger partial charge >= 0.3 is 0 Å².